The lowest BCUT2D eigenvalue weighted by Gasteiger charge is -2.11. The molecule has 0 aliphatic heterocycles. The van der Waals surface area contributed by atoms with Gasteiger partial charge in [0.15, 0.2) is 18.1 Å². The molecule has 0 saturated heterocycles. The van der Waals surface area contributed by atoms with Crippen molar-refractivity contribution in [2.75, 3.05) is 24.4 Å². The summed E-state index contributed by atoms with van der Waals surface area (Å²) in [6.45, 7) is 1.57. The summed E-state index contributed by atoms with van der Waals surface area (Å²) in [7, 11) is 1.45. The smallest absolute Gasteiger partial charge is 0.329 e. The third kappa shape index (κ3) is 7.58. The number of hydrogen-bond acceptors (Lipinski definition) is 6. The van der Waals surface area contributed by atoms with Gasteiger partial charge in [0.25, 0.3) is 5.91 Å². The monoisotopic (exact) mass is 494 g/mol. The Morgan fingerprint density at radius 2 is 1.74 bits per heavy atom. The van der Waals surface area contributed by atoms with Crippen LogP contribution in [0.25, 0.3) is 0 Å². The molecule has 3 aromatic carbocycles. The van der Waals surface area contributed by atoms with Gasteiger partial charge in [-0.25, -0.2) is 5.43 Å². The first-order chi connectivity index (χ1) is 16.9. The van der Waals surface area contributed by atoms with Crippen LogP contribution in [0.4, 0.5) is 11.4 Å². The van der Waals surface area contributed by atoms with E-state index < -0.39 is 11.8 Å². The SMILES string of the molecule is COc1cc(/C=N\NC(=O)C(=O)Nc2ccccc2C)ccc1OCC(=O)Nc1cccc(Cl)c1. The van der Waals surface area contributed by atoms with Crippen molar-refractivity contribution in [2.24, 2.45) is 5.10 Å². The minimum absolute atomic E-state index is 0.248. The number of hydrazone groups is 1. The summed E-state index contributed by atoms with van der Waals surface area (Å²) in [5.74, 6) is -1.43. The second kappa shape index (κ2) is 12.2. The Morgan fingerprint density at radius 1 is 0.943 bits per heavy atom. The van der Waals surface area contributed by atoms with Gasteiger partial charge >= 0.3 is 11.8 Å². The fourth-order valence-corrected chi connectivity index (χ4v) is 3.09. The van der Waals surface area contributed by atoms with E-state index >= 15 is 0 Å². The maximum absolute atomic E-state index is 12.1. The summed E-state index contributed by atoms with van der Waals surface area (Å²) in [5.41, 5.74) is 4.66. The Kier molecular flexibility index (Phi) is 8.80. The highest BCUT2D eigenvalue weighted by Gasteiger charge is 2.14. The maximum Gasteiger partial charge on any atom is 0.329 e. The zero-order valence-corrected chi connectivity index (χ0v) is 19.8. The zero-order valence-electron chi connectivity index (χ0n) is 19.0. The van der Waals surface area contributed by atoms with E-state index in [1.807, 2.05) is 19.1 Å². The number of ether oxygens (including phenoxy) is 2. The summed E-state index contributed by atoms with van der Waals surface area (Å²) in [5, 5.41) is 9.52. The van der Waals surface area contributed by atoms with Crippen LogP contribution >= 0.6 is 11.6 Å². The first-order valence-electron chi connectivity index (χ1n) is 10.4. The summed E-state index contributed by atoms with van der Waals surface area (Å²) < 4.78 is 10.9. The summed E-state index contributed by atoms with van der Waals surface area (Å²) in [6, 6.07) is 18.7. The fourth-order valence-electron chi connectivity index (χ4n) is 2.90. The van der Waals surface area contributed by atoms with Crippen molar-refractivity contribution in [3.63, 3.8) is 0 Å². The van der Waals surface area contributed by atoms with Gasteiger partial charge in [-0.3, -0.25) is 14.4 Å². The lowest BCUT2D eigenvalue weighted by Crippen LogP contribution is -2.32. The Morgan fingerprint density at radius 3 is 2.49 bits per heavy atom. The minimum Gasteiger partial charge on any atom is -0.493 e. The summed E-state index contributed by atoms with van der Waals surface area (Å²) >= 11 is 5.91. The second-order valence-corrected chi connectivity index (χ2v) is 7.66. The third-order valence-corrected chi connectivity index (χ3v) is 4.87. The molecule has 0 spiro atoms. The quantitative estimate of drug-likeness (QED) is 0.250. The average molecular weight is 495 g/mol. The molecule has 0 unspecified atom stereocenters. The van der Waals surface area contributed by atoms with Crippen LogP contribution in [0.1, 0.15) is 11.1 Å². The number of halogens is 1. The molecule has 180 valence electrons. The molecule has 3 amide bonds. The molecule has 9 nitrogen and oxygen atoms in total. The van der Waals surface area contributed by atoms with Gasteiger partial charge < -0.3 is 20.1 Å². The molecular weight excluding hydrogens is 472 g/mol. The number of nitrogens with zero attached hydrogens (tertiary/aromatic N) is 1. The van der Waals surface area contributed by atoms with Crippen molar-refractivity contribution in [1.29, 1.82) is 0 Å². The Bertz CT molecular complexity index is 1260. The highest BCUT2D eigenvalue weighted by atomic mass is 35.5. The molecular formula is C25H23ClN4O5. The van der Waals surface area contributed by atoms with Crippen molar-refractivity contribution < 1.29 is 23.9 Å². The number of rotatable bonds is 8. The first-order valence-corrected chi connectivity index (χ1v) is 10.8. The molecule has 35 heavy (non-hydrogen) atoms. The summed E-state index contributed by atoms with van der Waals surface area (Å²) in [6.07, 6.45) is 1.34. The number of amides is 3. The van der Waals surface area contributed by atoms with E-state index in [1.165, 1.54) is 13.3 Å². The number of carbonyl (C=O) groups is 3. The van der Waals surface area contributed by atoms with E-state index in [2.05, 4.69) is 21.2 Å². The molecule has 10 heteroatoms. The topological polar surface area (TPSA) is 118 Å². The zero-order chi connectivity index (χ0) is 25.2. The van der Waals surface area contributed by atoms with Crippen LogP contribution in [-0.4, -0.2) is 37.7 Å². The lowest BCUT2D eigenvalue weighted by atomic mass is 10.2. The molecule has 3 N–H and O–H groups in total. The number of hydrogen-bond donors (Lipinski definition) is 3. The maximum atomic E-state index is 12.1. The van der Waals surface area contributed by atoms with Crippen LogP contribution in [0.5, 0.6) is 11.5 Å². The number of para-hydroxylation sites is 1. The van der Waals surface area contributed by atoms with E-state index in [0.717, 1.165) is 5.56 Å². The van der Waals surface area contributed by atoms with Crippen molar-refractivity contribution >= 4 is 46.9 Å². The number of carbonyl (C=O) groups excluding carboxylic acids is 3. The normalized spacial score (nSPS) is 10.5. The summed E-state index contributed by atoms with van der Waals surface area (Å²) in [4.78, 5) is 36.2. The molecule has 0 bridgehead atoms. The van der Waals surface area contributed by atoms with Gasteiger partial charge in [-0.15, -0.1) is 0 Å². The van der Waals surface area contributed by atoms with Crippen LogP contribution in [0.2, 0.25) is 5.02 Å². The van der Waals surface area contributed by atoms with E-state index in [1.54, 1.807) is 54.6 Å². The van der Waals surface area contributed by atoms with Gasteiger partial charge in [0, 0.05) is 16.4 Å². The first kappa shape index (κ1) is 25.3. The average Bonchev–Trinajstić information content (AvgIpc) is 2.84. The van der Waals surface area contributed by atoms with E-state index in [4.69, 9.17) is 21.1 Å². The molecule has 3 rings (SSSR count). The Balaban J connectivity index is 1.53. The molecule has 0 aromatic heterocycles. The number of benzene rings is 3. The Labute approximate surface area is 207 Å². The predicted octanol–water partition coefficient (Wildman–Crippen LogP) is 3.76. The van der Waals surface area contributed by atoms with Crippen LogP contribution in [-0.2, 0) is 14.4 Å². The molecule has 0 aliphatic rings. The van der Waals surface area contributed by atoms with Crippen LogP contribution in [0, 0.1) is 6.92 Å². The number of aryl methyl sites for hydroxylation is 1. The highest BCUT2D eigenvalue weighted by Crippen LogP contribution is 2.27. The third-order valence-electron chi connectivity index (χ3n) is 4.63. The Hall–Kier alpha value is -4.37. The number of nitrogens with one attached hydrogen (secondary N) is 3. The van der Waals surface area contributed by atoms with E-state index in [9.17, 15) is 14.4 Å². The minimum atomic E-state index is -0.915. The molecule has 0 atom stereocenters. The van der Waals surface area contributed by atoms with Gasteiger partial charge in [-0.05, 0) is 60.5 Å². The van der Waals surface area contributed by atoms with Crippen molar-refractivity contribution in [1.82, 2.24) is 5.43 Å². The molecule has 0 heterocycles. The van der Waals surface area contributed by atoms with E-state index in [0.29, 0.717) is 33.5 Å². The lowest BCUT2D eigenvalue weighted by molar-refractivity contribution is -0.136. The second-order valence-electron chi connectivity index (χ2n) is 7.23. The standard InChI is InChI=1S/C25H23ClN4O5/c1-16-6-3-4-9-20(16)29-24(32)25(33)30-27-14-17-10-11-21(22(12-17)34-2)35-15-23(31)28-19-8-5-7-18(26)13-19/h3-14H,15H2,1-2H3,(H,28,31)(H,29,32)(H,30,33)/b27-14-. The largest absolute Gasteiger partial charge is 0.493 e. The van der Waals surface area contributed by atoms with Crippen molar-refractivity contribution in [3.05, 3.63) is 82.9 Å². The van der Waals surface area contributed by atoms with Gasteiger partial charge in [0.05, 0.1) is 13.3 Å². The van der Waals surface area contributed by atoms with Crippen LogP contribution in [0.15, 0.2) is 71.8 Å². The molecule has 0 saturated carbocycles. The highest BCUT2D eigenvalue weighted by molar-refractivity contribution is 6.39. The van der Waals surface area contributed by atoms with Crippen LogP contribution < -0.4 is 25.5 Å². The number of anilines is 2. The van der Waals surface area contributed by atoms with Crippen LogP contribution in [0.3, 0.4) is 0 Å². The van der Waals surface area contributed by atoms with Crippen molar-refractivity contribution in [2.45, 2.75) is 6.92 Å². The molecule has 0 aliphatic carbocycles. The van der Waals surface area contributed by atoms with Crippen molar-refractivity contribution in [3.8, 4) is 11.5 Å². The predicted molar refractivity (Wildman–Crippen MR) is 134 cm³/mol. The van der Waals surface area contributed by atoms with Gasteiger partial charge in [-0.2, -0.15) is 5.10 Å². The van der Waals surface area contributed by atoms with Gasteiger partial charge in [-0.1, -0.05) is 35.9 Å². The van der Waals surface area contributed by atoms with E-state index in [-0.39, 0.29) is 12.5 Å². The van der Waals surface area contributed by atoms with Gasteiger partial charge in [0.2, 0.25) is 0 Å². The number of methoxy groups -OCH3 is 1. The fraction of sp³-hybridized carbons (Fsp3) is 0.120. The van der Waals surface area contributed by atoms with Gasteiger partial charge in [0.1, 0.15) is 0 Å². The molecule has 3 aromatic rings. The molecule has 0 radical (unpaired) electrons. The molecule has 0 fully saturated rings.